The van der Waals surface area contributed by atoms with Crippen molar-refractivity contribution in [3.05, 3.63) is 108 Å². The Labute approximate surface area is 193 Å². The third-order valence-electron chi connectivity index (χ3n) is 5.29. The van der Waals surface area contributed by atoms with E-state index in [4.69, 9.17) is 0 Å². The van der Waals surface area contributed by atoms with Crippen LogP contribution in [-0.4, -0.2) is 32.1 Å². The molecule has 0 aliphatic heterocycles. The number of carbonyl (C=O) groups excluding carboxylic acids is 1. The number of aliphatic hydroxyl groups is 1. The van der Waals surface area contributed by atoms with Crippen molar-refractivity contribution in [2.75, 3.05) is 11.3 Å². The highest BCUT2D eigenvalue weighted by molar-refractivity contribution is 7.92. The molecule has 0 aliphatic carbocycles. The number of carbonyl (C=O) groups is 1. The third kappa shape index (κ3) is 5.58. The molecule has 0 saturated carbocycles. The molecule has 0 aromatic heterocycles. The van der Waals surface area contributed by atoms with Crippen LogP contribution in [0, 0.1) is 0 Å². The summed E-state index contributed by atoms with van der Waals surface area (Å²) in [5.41, 5.74) is 1.56. The lowest BCUT2D eigenvalue weighted by atomic mass is 10.1. The standard InChI is InChI=1S/C26H24N2O4S/c29-18-24(15-19-7-2-1-3-8-19)27-26(30)22-11-6-12-23(16-22)28-33(31,32)25-14-13-20-9-4-5-10-21(20)17-25/h1-14,16-17,24,28-29H,15,18H2,(H,27,30). The molecular formula is C26H24N2O4S. The van der Waals surface area contributed by atoms with Crippen LogP contribution in [0.2, 0.25) is 0 Å². The highest BCUT2D eigenvalue weighted by atomic mass is 32.2. The van der Waals surface area contributed by atoms with Crippen molar-refractivity contribution in [1.29, 1.82) is 0 Å². The maximum absolute atomic E-state index is 12.9. The topological polar surface area (TPSA) is 95.5 Å². The number of hydrogen-bond acceptors (Lipinski definition) is 4. The van der Waals surface area contributed by atoms with E-state index < -0.39 is 22.0 Å². The highest BCUT2D eigenvalue weighted by Crippen LogP contribution is 2.22. The molecule has 3 N–H and O–H groups in total. The van der Waals surface area contributed by atoms with Crippen LogP contribution >= 0.6 is 0 Å². The van der Waals surface area contributed by atoms with Gasteiger partial charge in [0.1, 0.15) is 0 Å². The molecule has 0 bridgehead atoms. The molecule has 1 unspecified atom stereocenters. The van der Waals surface area contributed by atoms with E-state index >= 15 is 0 Å². The maximum atomic E-state index is 12.9. The zero-order valence-electron chi connectivity index (χ0n) is 17.8. The zero-order valence-corrected chi connectivity index (χ0v) is 18.6. The number of anilines is 1. The Kier molecular flexibility index (Phi) is 6.72. The molecule has 0 radical (unpaired) electrons. The summed E-state index contributed by atoms with van der Waals surface area (Å²) >= 11 is 0. The first-order valence-corrected chi connectivity index (χ1v) is 12.0. The first-order chi connectivity index (χ1) is 15.9. The molecule has 7 heteroatoms. The minimum atomic E-state index is -3.84. The lowest BCUT2D eigenvalue weighted by Gasteiger charge is -2.17. The summed E-state index contributed by atoms with van der Waals surface area (Å²) in [7, 11) is -3.84. The Hall–Kier alpha value is -3.68. The van der Waals surface area contributed by atoms with Crippen molar-refractivity contribution < 1.29 is 18.3 Å². The van der Waals surface area contributed by atoms with E-state index in [-0.39, 0.29) is 17.2 Å². The normalized spacial score (nSPS) is 12.3. The van der Waals surface area contributed by atoms with Crippen molar-refractivity contribution in [1.82, 2.24) is 5.32 Å². The van der Waals surface area contributed by atoms with Gasteiger partial charge >= 0.3 is 0 Å². The first kappa shape index (κ1) is 22.5. The Morgan fingerprint density at radius 3 is 2.30 bits per heavy atom. The number of aliphatic hydroxyl groups excluding tert-OH is 1. The fourth-order valence-electron chi connectivity index (χ4n) is 3.60. The van der Waals surface area contributed by atoms with Crippen LogP contribution in [0.1, 0.15) is 15.9 Å². The highest BCUT2D eigenvalue weighted by Gasteiger charge is 2.17. The van der Waals surface area contributed by atoms with Crippen molar-refractivity contribution in [3.8, 4) is 0 Å². The fraction of sp³-hybridized carbons (Fsp3) is 0.115. The summed E-state index contributed by atoms with van der Waals surface area (Å²) in [6.07, 6.45) is 0.483. The van der Waals surface area contributed by atoms with Gasteiger partial charge in [0.25, 0.3) is 15.9 Å². The fourth-order valence-corrected chi connectivity index (χ4v) is 4.69. The molecule has 6 nitrogen and oxygen atoms in total. The van der Waals surface area contributed by atoms with Crippen LogP contribution in [0.15, 0.2) is 102 Å². The van der Waals surface area contributed by atoms with Crippen LogP contribution in [-0.2, 0) is 16.4 Å². The van der Waals surface area contributed by atoms with E-state index in [1.165, 1.54) is 6.07 Å². The minimum absolute atomic E-state index is 0.138. The number of nitrogens with one attached hydrogen (secondary N) is 2. The van der Waals surface area contributed by atoms with E-state index in [2.05, 4.69) is 10.0 Å². The van der Waals surface area contributed by atoms with Gasteiger partial charge in [0.15, 0.2) is 0 Å². The number of amides is 1. The van der Waals surface area contributed by atoms with Crippen LogP contribution < -0.4 is 10.0 Å². The summed E-state index contributed by atoms with van der Waals surface area (Å²) in [5, 5.41) is 14.3. The average molecular weight is 461 g/mol. The van der Waals surface area contributed by atoms with Gasteiger partial charge in [-0.05, 0) is 53.1 Å². The van der Waals surface area contributed by atoms with Crippen LogP contribution in [0.5, 0.6) is 0 Å². The molecule has 168 valence electrons. The molecular weight excluding hydrogens is 436 g/mol. The van der Waals surface area contributed by atoms with Gasteiger partial charge in [0.2, 0.25) is 0 Å². The predicted molar refractivity (Wildman–Crippen MR) is 130 cm³/mol. The molecule has 1 amide bonds. The zero-order chi connectivity index (χ0) is 23.3. The second kappa shape index (κ2) is 9.85. The van der Waals surface area contributed by atoms with Crippen LogP contribution in [0.3, 0.4) is 0 Å². The van der Waals surface area contributed by atoms with Gasteiger partial charge in [-0.1, -0.05) is 66.7 Å². The summed E-state index contributed by atoms with van der Waals surface area (Å²) in [4.78, 5) is 12.9. The van der Waals surface area contributed by atoms with E-state index in [0.717, 1.165) is 16.3 Å². The van der Waals surface area contributed by atoms with Gasteiger partial charge in [-0.15, -0.1) is 0 Å². The minimum Gasteiger partial charge on any atom is -0.394 e. The van der Waals surface area contributed by atoms with Gasteiger partial charge in [0.05, 0.1) is 17.5 Å². The first-order valence-electron chi connectivity index (χ1n) is 10.5. The smallest absolute Gasteiger partial charge is 0.261 e. The maximum Gasteiger partial charge on any atom is 0.261 e. The Bertz CT molecular complexity index is 1370. The molecule has 0 fully saturated rings. The number of sulfonamides is 1. The number of benzene rings is 4. The average Bonchev–Trinajstić information content (AvgIpc) is 2.83. The number of hydrogen-bond donors (Lipinski definition) is 3. The lowest BCUT2D eigenvalue weighted by molar-refractivity contribution is 0.0916. The molecule has 1 atom stereocenters. The van der Waals surface area contributed by atoms with Crippen LogP contribution in [0.25, 0.3) is 10.8 Å². The summed E-state index contributed by atoms with van der Waals surface area (Å²) < 4.78 is 28.4. The van der Waals surface area contributed by atoms with E-state index in [1.54, 1.807) is 36.4 Å². The molecule has 4 aromatic rings. The van der Waals surface area contributed by atoms with E-state index in [1.807, 2.05) is 54.6 Å². The Balaban J connectivity index is 1.48. The molecule has 0 heterocycles. The monoisotopic (exact) mass is 460 g/mol. The Morgan fingerprint density at radius 2 is 1.55 bits per heavy atom. The molecule has 0 spiro atoms. The van der Waals surface area contributed by atoms with Gasteiger partial charge in [-0.25, -0.2) is 8.42 Å². The second-order valence-corrected chi connectivity index (χ2v) is 9.42. The quantitative estimate of drug-likeness (QED) is 0.371. The summed E-state index contributed by atoms with van der Waals surface area (Å²) in [6.45, 7) is -0.213. The summed E-state index contributed by atoms with van der Waals surface area (Å²) in [5.74, 6) is -0.392. The van der Waals surface area contributed by atoms with Crippen molar-refractivity contribution >= 4 is 32.4 Å². The van der Waals surface area contributed by atoms with Crippen molar-refractivity contribution in [2.24, 2.45) is 0 Å². The number of fused-ring (bicyclic) bond motifs is 1. The molecule has 0 aliphatic rings. The SMILES string of the molecule is O=C(NC(CO)Cc1ccccc1)c1cccc(NS(=O)(=O)c2ccc3ccccc3c2)c1. The van der Waals surface area contributed by atoms with Crippen LogP contribution in [0.4, 0.5) is 5.69 Å². The summed E-state index contributed by atoms with van der Waals surface area (Å²) in [6, 6.07) is 27.8. The molecule has 4 aromatic carbocycles. The Morgan fingerprint density at radius 1 is 0.818 bits per heavy atom. The largest absolute Gasteiger partial charge is 0.394 e. The van der Waals surface area contributed by atoms with E-state index in [0.29, 0.717) is 12.0 Å². The predicted octanol–water partition coefficient (Wildman–Crippen LogP) is 3.97. The number of rotatable bonds is 8. The molecule has 4 rings (SSSR count). The third-order valence-corrected chi connectivity index (χ3v) is 6.67. The van der Waals surface area contributed by atoms with Crippen molar-refractivity contribution in [3.63, 3.8) is 0 Å². The van der Waals surface area contributed by atoms with Gasteiger partial charge in [-0.2, -0.15) is 0 Å². The van der Waals surface area contributed by atoms with Gasteiger partial charge in [0, 0.05) is 11.3 Å². The van der Waals surface area contributed by atoms with Gasteiger partial charge in [-0.3, -0.25) is 9.52 Å². The second-order valence-electron chi connectivity index (χ2n) is 7.74. The van der Waals surface area contributed by atoms with Gasteiger partial charge < -0.3 is 10.4 Å². The molecule has 33 heavy (non-hydrogen) atoms. The van der Waals surface area contributed by atoms with E-state index in [9.17, 15) is 18.3 Å². The van der Waals surface area contributed by atoms with Crippen molar-refractivity contribution in [2.45, 2.75) is 17.4 Å². The molecule has 0 saturated heterocycles. The lowest BCUT2D eigenvalue weighted by Crippen LogP contribution is -2.39.